The van der Waals surface area contributed by atoms with Crippen LogP contribution in [0.2, 0.25) is 0 Å². The van der Waals surface area contributed by atoms with Crippen LogP contribution in [0, 0.1) is 35.9 Å². The normalized spacial score (nSPS) is 23.2. The van der Waals surface area contributed by atoms with Crippen LogP contribution in [0.3, 0.4) is 0 Å². The van der Waals surface area contributed by atoms with Crippen LogP contribution in [0.1, 0.15) is 31.4 Å². The summed E-state index contributed by atoms with van der Waals surface area (Å²) in [5.74, 6) is 2.71. The molecule has 0 saturated carbocycles. The molecule has 1 unspecified atom stereocenters. The molecule has 0 spiro atoms. The van der Waals surface area contributed by atoms with Gasteiger partial charge in [-0.3, -0.25) is 4.79 Å². The highest BCUT2D eigenvalue weighted by Gasteiger charge is 2.52. The maximum Gasteiger partial charge on any atom is 0.189 e. The van der Waals surface area contributed by atoms with Crippen molar-refractivity contribution < 1.29 is 28.1 Å². The predicted molar refractivity (Wildman–Crippen MR) is 126 cm³/mol. The second kappa shape index (κ2) is 9.90. The number of terminal acetylenes is 1. The Morgan fingerprint density at radius 2 is 2.00 bits per heavy atom. The van der Waals surface area contributed by atoms with Crippen molar-refractivity contribution in [2.75, 3.05) is 13.9 Å². The molecule has 2 aliphatic rings. The topological polar surface area (TPSA) is 54.0 Å². The zero-order chi connectivity index (χ0) is 24.3. The zero-order valence-electron chi connectivity index (χ0n) is 19.7. The Labute approximate surface area is 199 Å². The molecular formula is C28H29FO5. The van der Waals surface area contributed by atoms with Crippen molar-refractivity contribution in [1.29, 1.82) is 0 Å². The van der Waals surface area contributed by atoms with Gasteiger partial charge in [0.15, 0.2) is 24.1 Å². The monoisotopic (exact) mass is 464 g/mol. The van der Waals surface area contributed by atoms with Gasteiger partial charge in [0.25, 0.3) is 0 Å². The zero-order valence-corrected chi connectivity index (χ0v) is 19.7. The van der Waals surface area contributed by atoms with Gasteiger partial charge < -0.3 is 18.9 Å². The van der Waals surface area contributed by atoms with Gasteiger partial charge in [-0.1, -0.05) is 44.2 Å². The third kappa shape index (κ3) is 4.53. The molecule has 1 aliphatic heterocycles. The van der Waals surface area contributed by atoms with E-state index in [9.17, 15) is 4.79 Å². The molecule has 34 heavy (non-hydrogen) atoms. The maximum atomic E-state index is 15.1. The quantitative estimate of drug-likeness (QED) is 0.510. The van der Waals surface area contributed by atoms with Crippen LogP contribution in [-0.4, -0.2) is 25.3 Å². The first-order valence-corrected chi connectivity index (χ1v) is 11.4. The minimum atomic E-state index is -0.832. The van der Waals surface area contributed by atoms with Crippen LogP contribution in [0.15, 0.2) is 54.3 Å². The number of fused-ring (bicyclic) bond motifs is 1. The fourth-order valence-corrected chi connectivity index (χ4v) is 4.74. The van der Waals surface area contributed by atoms with Crippen LogP contribution in [0.5, 0.6) is 11.5 Å². The molecule has 5 nitrogen and oxygen atoms in total. The summed E-state index contributed by atoms with van der Waals surface area (Å²) in [6.07, 6.45) is 7.87. The molecule has 0 N–H and O–H groups in total. The average Bonchev–Trinajstić information content (AvgIpc) is 3.27. The second-order valence-corrected chi connectivity index (χ2v) is 8.95. The van der Waals surface area contributed by atoms with E-state index in [1.807, 2.05) is 44.2 Å². The van der Waals surface area contributed by atoms with Crippen LogP contribution < -0.4 is 9.47 Å². The van der Waals surface area contributed by atoms with Crippen molar-refractivity contribution in [3.8, 4) is 23.8 Å². The van der Waals surface area contributed by atoms with Gasteiger partial charge in [-0.25, -0.2) is 4.39 Å². The van der Waals surface area contributed by atoms with Gasteiger partial charge in [0, 0.05) is 24.0 Å². The molecule has 4 rings (SSSR count). The number of halogens is 1. The first kappa shape index (κ1) is 23.8. The summed E-state index contributed by atoms with van der Waals surface area (Å²) >= 11 is 0. The Kier molecular flexibility index (Phi) is 6.95. The molecule has 1 heterocycles. The lowest BCUT2D eigenvalue weighted by Crippen LogP contribution is -2.46. The van der Waals surface area contributed by atoms with E-state index in [1.54, 1.807) is 6.07 Å². The first-order valence-electron chi connectivity index (χ1n) is 11.4. The number of methoxy groups -OCH3 is 1. The summed E-state index contributed by atoms with van der Waals surface area (Å²) < 4.78 is 38.1. The molecule has 2 aromatic rings. The van der Waals surface area contributed by atoms with Crippen molar-refractivity contribution >= 4 is 5.78 Å². The molecule has 1 saturated heterocycles. The Hall–Kier alpha value is -3.30. The molecule has 0 aromatic heterocycles. The lowest BCUT2D eigenvalue weighted by molar-refractivity contribution is -0.124. The number of carbonyl (C=O) groups excluding carboxylic acids is 1. The van der Waals surface area contributed by atoms with E-state index in [0.29, 0.717) is 42.3 Å². The third-order valence-corrected chi connectivity index (χ3v) is 6.87. The van der Waals surface area contributed by atoms with Crippen LogP contribution >= 0.6 is 0 Å². The van der Waals surface area contributed by atoms with E-state index < -0.39 is 11.4 Å². The van der Waals surface area contributed by atoms with Gasteiger partial charge >= 0.3 is 0 Å². The molecule has 0 bridgehead atoms. The highest BCUT2D eigenvalue weighted by molar-refractivity contribution is 5.94. The number of ether oxygens (including phenoxy) is 4. The van der Waals surface area contributed by atoms with Crippen molar-refractivity contribution in [2.45, 2.75) is 38.9 Å². The molecule has 0 amide bonds. The minimum absolute atomic E-state index is 0.0527. The van der Waals surface area contributed by atoms with Gasteiger partial charge in [0.1, 0.15) is 23.8 Å². The number of hydrogen-bond donors (Lipinski definition) is 0. The minimum Gasteiger partial charge on any atom is -0.493 e. The Morgan fingerprint density at radius 3 is 2.71 bits per heavy atom. The van der Waals surface area contributed by atoms with Crippen molar-refractivity contribution in [3.63, 3.8) is 0 Å². The highest BCUT2D eigenvalue weighted by Crippen LogP contribution is 2.47. The molecule has 2 aromatic carbocycles. The van der Waals surface area contributed by atoms with Gasteiger partial charge in [0.05, 0.1) is 7.11 Å². The average molecular weight is 465 g/mol. The Morgan fingerprint density at radius 1 is 1.24 bits per heavy atom. The van der Waals surface area contributed by atoms with Gasteiger partial charge in [-0.05, 0) is 36.0 Å². The highest BCUT2D eigenvalue weighted by atomic mass is 19.1. The lowest BCUT2D eigenvalue weighted by Gasteiger charge is -2.39. The number of carbonyl (C=O) groups is 1. The van der Waals surface area contributed by atoms with E-state index in [0.717, 1.165) is 5.56 Å². The van der Waals surface area contributed by atoms with E-state index in [-0.39, 0.29) is 30.3 Å². The summed E-state index contributed by atoms with van der Waals surface area (Å²) in [5.41, 5.74) is 0.634. The molecular weight excluding hydrogens is 435 g/mol. The Balaban J connectivity index is 1.59. The standard InChI is InChI=1S/C28H29FO5/c1-5-18(2)22-15-28(27(14-24(22)30)33-17-34-28)19(3)11-21-12-26(25(31-4)13-23(21)29)32-16-20-9-7-6-8-10-20/h1,6-10,12-14,18-19,22H,11,15-17H2,2-4H3/t18?,19-,22-,28+/m0/s1. The van der Waals surface area contributed by atoms with Gasteiger partial charge in [-0.15, -0.1) is 12.3 Å². The second-order valence-electron chi connectivity index (χ2n) is 8.95. The van der Waals surface area contributed by atoms with Crippen molar-refractivity contribution in [3.05, 3.63) is 71.2 Å². The van der Waals surface area contributed by atoms with E-state index >= 15 is 4.39 Å². The van der Waals surface area contributed by atoms with Gasteiger partial charge in [0.2, 0.25) is 0 Å². The summed E-state index contributed by atoms with van der Waals surface area (Å²) in [7, 11) is 1.48. The fourth-order valence-electron chi connectivity index (χ4n) is 4.74. The van der Waals surface area contributed by atoms with Gasteiger partial charge in [-0.2, -0.15) is 0 Å². The van der Waals surface area contributed by atoms with Crippen LogP contribution in [0.25, 0.3) is 0 Å². The third-order valence-electron chi connectivity index (χ3n) is 6.87. The lowest BCUT2D eigenvalue weighted by atomic mass is 9.69. The number of ketones is 1. The predicted octanol–water partition coefficient (Wildman–Crippen LogP) is 5.08. The van der Waals surface area contributed by atoms with E-state index in [2.05, 4.69) is 5.92 Å². The molecule has 1 fully saturated rings. The number of rotatable bonds is 8. The largest absolute Gasteiger partial charge is 0.493 e. The molecule has 6 heteroatoms. The number of benzene rings is 2. The van der Waals surface area contributed by atoms with Crippen molar-refractivity contribution in [2.24, 2.45) is 17.8 Å². The maximum absolute atomic E-state index is 15.1. The first-order chi connectivity index (χ1) is 16.4. The number of allylic oxidation sites excluding steroid dienone is 1. The smallest absolute Gasteiger partial charge is 0.189 e. The van der Waals surface area contributed by atoms with Crippen LogP contribution in [-0.2, 0) is 27.3 Å². The SMILES string of the molecule is C#CC(C)[C@@H]1C[C@]2([C@@H](C)Cc3cc(OCc4ccccc4)c(OC)cc3F)OCOC2=CC1=O. The molecule has 0 radical (unpaired) electrons. The summed E-state index contributed by atoms with van der Waals surface area (Å²) in [6.45, 7) is 4.22. The van der Waals surface area contributed by atoms with E-state index in [1.165, 1.54) is 19.3 Å². The summed E-state index contributed by atoms with van der Waals surface area (Å²) in [4.78, 5) is 12.6. The van der Waals surface area contributed by atoms with E-state index in [4.69, 9.17) is 25.4 Å². The molecule has 1 aliphatic carbocycles. The summed E-state index contributed by atoms with van der Waals surface area (Å²) in [6, 6.07) is 12.8. The van der Waals surface area contributed by atoms with Crippen LogP contribution in [0.4, 0.5) is 4.39 Å². The molecule has 178 valence electrons. The summed E-state index contributed by atoms with van der Waals surface area (Å²) in [5, 5.41) is 0. The Bertz CT molecular complexity index is 1120. The van der Waals surface area contributed by atoms with Crippen molar-refractivity contribution in [1.82, 2.24) is 0 Å². The number of hydrogen-bond acceptors (Lipinski definition) is 5. The fraction of sp³-hybridized carbons (Fsp3) is 0.393. The molecule has 4 atom stereocenters.